The molecular formula is C9H17N3S2. The number of nitrogens with zero attached hydrogens (tertiary/aromatic N) is 2. The van der Waals surface area contributed by atoms with Gasteiger partial charge in [0.15, 0.2) is 4.34 Å². The highest BCUT2D eigenvalue weighted by atomic mass is 32.2. The first kappa shape index (κ1) is 11.9. The Balaban J connectivity index is 2.15. The highest BCUT2D eigenvalue weighted by molar-refractivity contribution is 8.00. The minimum absolute atomic E-state index is 0.599. The SMILES string of the molecule is CCNC(C)CCSc1nc(C)ns1. The minimum Gasteiger partial charge on any atom is -0.315 e. The summed E-state index contributed by atoms with van der Waals surface area (Å²) >= 11 is 3.30. The molecule has 0 aliphatic carbocycles. The third kappa shape index (κ3) is 4.39. The lowest BCUT2D eigenvalue weighted by Crippen LogP contribution is -2.25. The summed E-state index contributed by atoms with van der Waals surface area (Å²) in [7, 11) is 0. The average molecular weight is 231 g/mol. The molecule has 0 aliphatic rings. The van der Waals surface area contributed by atoms with Gasteiger partial charge < -0.3 is 5.32 Å². The quantitative estimate of drug-likeness (QED) is 0.763. The Kier molecular flexibility index (Phi) is 5.44. The Labute approximate surface area is 93.9 Å². The predicted octanol–water partition coefficient (Wildman–Crippen LogP) is 2.33. The van der Waals surface area contributed by atoms with Gasteiger partial charge >= 0.3 is 0 Å². The van der Waals surface area contributed by atoms with Crippen molar-refractivity contribution in [2.45, 2.75) is 37.6 Å². The monoisotopic (exact) mass is 231 g/mol. The molecule has 1 heterocycles. The number of aryl methyl sites for hydroxylation is 1. The molecule has 1 rings (SSSR count). The van der Waals surface area contributed by atoms with E-state index in [9.17, 15) is 0 Å². The predicted molar refractivity (Wildman–Crippen MR) is 63.1 cm³/mol. The first-order valence-corrected chi connectivity index (χ1v) is 6.64. The summed E-state index contributed by atoms with van der Waals surface area (Å²) in [6.07, 6.45) is 1.18. The van der Waals surface area contributed by atoms with E-state index in [2.05, 4.69) is 28.5 Å². The van der Waals surface area contributed by atoms with Gasteiger partial charge in [0, 0.05) is 11.8 Å². The molecule has 0 aromatic carbocycles. The van der Waals surface area contributed by atoms with E-state index < -0.39 is 0 Å². The van der Waals surface area contributed by atoms with Crippen molar-refractivity contribution in [2.24, 2.45) is 0 Å². The molecule has 5 heteroatoms. The molecule has 0 aliphatic heterocycles. The fourth-order valence-electron chi connectivity index (χ4n) is 1.11. The van der Waals surface area contributed by atoms with E-state index in [0.29, 0.717) is 6.04 Å². The van der Waals surface area contributed by atoms with Gasteiger partial charge in [-0.2, -0.15) is 4.37 Å². The third-order valence-electron chi connectivity index (χ3n) is 1.84. The molecule has 0 saturated heterocycles. The Morgan fingerprint density at radius 3 is 2.93 bits per heavy atom. The van der Waals surface area contributed by atoms with Gasteiger partial charge in [0.05, 0.1) is 0 Å². The van der Waals surface area contributed by atoms with E-state index in [1.807, 2.05) is 6.92 Å². The molecule has 1 aromatic heterocycles. The lowest BCUT2D eigenvalue weighted by Gasteiger charge is -2.10. The fraction of sp³-hybridized carbons (Fsp3) is 0.778. The Morgan fingerprint density at radius 2 is 2.36 bits per heavy atom. The van der Waals surface area contributed by atoms with E-state index >= 15 is 0 Å². The van der Waals surface area contributed by atoms with Crippen LogP contribution in [-0.2, 0) is 0 Å². The van der Waals surface area contributed by atoms with E-state index in [-0.39, 0.29) is 0 Å². The van der Waals surface area contributed by atoms with Gasteiger partial charge in [0.2, 0.25) is 0 Å². The van der Waals surface area contributed by atoms with Crippen LogP contribution in [0.25, 0.3) is 0 Å². The second-order valence-corrected chi connectivity index (χ2v) is 5.30. The standard InChI is InChI=1S/C9H17N3S2/c1-4-10-7(2)5-6-13-9-11-8(3)12-14-9/h7,10H,4-6H2,1-3H3. The van der Waals surface area contributed by atoms with Crippen molar-refractivity contribution in [3.05, 3.63) is 5.82 Å². The molecule has 80 valence electrons. The van der Waals surface area contributed by atoms with E-state index in [1.165, 1.54) is 18.0 Å². The zero-order valence-corrected chi connectivity index (χ0v) is 10.5. The Morgan fingerprint density at radius 1 is 1.57 bits per heavy atom. The molecule has 0 fully saturated rings. The molecule has 0 bridgehead atoms. The largest absolute Gasteiger partial charge is 0.315 e. The van der Waals surface area contributed by atoms with Gasteiger partial charge in [0.1, 0.15) is 5.82 Å². The highest BCUT2D eigenvalue weighted by Crippen LogP contribution is 2.20. The lowest BCUT2D eigenvalue weighted by molar-refractivity contribution is 0.556. The number of hydrogen-bond acceptors (Lipinski definition) is 5. The van der Waals surface area contributed by atoms with Crippen LogP contribution in [0.4, 0.5) is 0 Å². The molecular weight excluding hydrogens is 214 g/mol. The zero-order chi connectivity index (χ0) is 10.4. The normalized spacial score (nSPS) is 13.1. The van der Waals surface area contributed by atoms with Crippen molar-refractivity contribution in [1.82, 2.24) is 14.7 Å². The van der Waals surface area contributed by atoms with Crippen LogP contribution in [0.2, 0.25) is 0 Å². The van der Waals surface area contributed by atoms with Crippen LogP contribution in [0.3, 0.4) is 0 Å². The van der Waals surface area contributed by atoms with E-state index in [4.69, 9.17) is 0 Å². The maximum absolute atomic E-state index is 4.30. The number of aromatic nitrogens is 2. The van der Waals surface area contributed by atoms with Gasteiger partial charge in [-0.1, -0.05) is 18.7 Å². The molecule has 1 N–H and O–H groups in total. The molecule has 0 radical (unpaired) electrons. The summed E-state index contributed by atoms with van der Waals surface area (Å²) in [5, 5.41) is 3.39. The van der Waals surface area contributed by atoms with Gasteiger partial charge in [-0.25, -0.2) is 4.98 Å². The van der Waals surface area contributed by atoms with Crippen molar-refractivity contribution in [3.8, 4) is 0 Å². The Bertz CT molecular complexity index is 262. The minimum atomic E-state index is 0.599. The molecule has 1 atom stereocenters. The number of hydrogen-bond donors (Lipinski definition) is 1. The molecule has 14 heavy (non-hydrogen) atoms. The van der Waals surface area contributed by atoms with Crippen LogP contribution in [0.15, 0.2) is 4.34 Å². The van der Waals surface area contributed by atoms with Crippen LogP contribution >= 0.6 is 23.3 Å². The smallest absolute Gasteiger partial charge is 0.170 e. The van der Waals surface area contributed by atoms with Crippen LogP contribution in [0, 0.1) is 6.92 Å². The Hall–Kier alpha value is -0.130. The van der Waals surface area contributed by atoms with Crippen molar-refractivity contribution in [2.75, 3.05) is 12.3 Å². The average Bonchev–Trinajstić information content (AvgIpc) is 2.52. The number of rotatable bonds is 6. The lowest BCUT2D eigenvalue weighted by atomic mass is 10.3. The fourth-order valence-corrected chi connectivity index (χ4v) is 2.95. The molecule has 0 spiro atoms. The van der Waals surface area contributed by atoms with Crippen molar-refractivity contribution in [1.29, 1.82) is 0 Å². The molecule has 1 unspecified atom stereocenters. The second-order valence-electron chi connectivity index (χ2n) is 3.20. The maximum atomic E-state index is 4.30. The van der Waals surface area contributed by atoms with E-state index in [0.717, 1.165) is 22.5 Å². The molecule has 0 saturated carbocycles. The van der Waals surface area contributed by atoms with Gasteiger partial charge in [-0.05, 0) is 38.3 Å². The first-order valence-electron chi connectivity index (χ1n) is 4.89. The number of nitrogens with one attached hydrogen (secondary N) is 1. The van der Waals surface area contributed by atoms with Crippen LogP contribution in [0.5, 0.6) is 0 Å². The summed E-state index contributed by atoms with van der Waals surface area (Å²) in [5.74, 6) is 2.00. The van der Waals surface area contributed by atoms with Crippen LogP contribution in [0.1, 0.15) is 26.1 Å². The van der Waals surface area contributed by atoms with Crippen LogP contribution in [-0.4, -0.2) is 27.7 Å². The topological polar surface area (TPSA) is 37.8 Å². The van der Waals surface area contributed by atoms with Gasteiger partial charge in [-0.3, -0.25) is 0 Å². The van der Waals surface area contributed by atoms with Crippen LogP contribution < -0.4 is 5.32 Å². The maximum Gasteiger partial charge on any atom is 0.170 e. The summed E-state index contributed by atoms with van der Waals surface area (Å²) < 4.78 is 5.23. The summed E-state index contributed by atoms with van der Waals surface area (Å²) in [4.78, 5) is 4.30. The molecule has 3 nitrogen and oxygen atoms in total. The first-order chi connectivity index (χ1) is 6.72. The molecule has 0 amide bonds. The summed E-state index contributed by atoms with van der Waals surface area (Å²) in [6, 6.07) is 0.599. The number of thioether (sulfide) groups is 1. The van der Waals surface area contributed by atoms with Crippen molar-refractivity contribution >= 4 is 23.3 Å². The second kappa shape index (κ2) is 6.37. The summed E-state index contributed by atoms with van der Waals surface area (Å²) in [6.45, 7) is 7.33. The zero-order valence-electron chi connectivity index (χ0n) is 8.91. The summed E-state index contributed by atoms with van der Waals surface area (Å²) in [5.41, 5.74) is 0. The van der Waals surface area contributed by atoms with Crippen molar-refractivity contribution < 1.29 is 0 Å². The van der Waals surface area contributed by atoms with Gasteiger partial charge in [0.25, 0.3) is 0 Å². The highest BCUT2D eigenvalue weighted by Gasteiger charge is 2.03. The molecule has 1 aromatic rings. The third-order valence-corrected chi connectivity index (χ3v) is 3.80. The van der Waals surface area contributed by atoms with Gasteiger partial charge in [-0.15, -0.1) is 0 Å². The van der Waals surface area contributed by atoms with Crippen molar-refractivity contribution in [3.63, 3.8) is 0 Å². The van der Waals surface area contributed by atoms with E-state index in [1.54, 1.807) is 11.8 Å².